The largest absolute Gasteiger partial charge is 0.398 e. The van der Waals surface area contributed by atoms with Crippen LogP contribution in [0.1, 0.15) is 25.3 Å². The minimum absolute atomic E-state index is 0.123. The molecular formula is C11H18ClNO2. The number of halogens is 1. The van der Waals surface area contributed by atoms with Gasteiger partial charge in [0, 0.05) is 16.6 Å². The highest BCUT2D eigenvalue weighted by Crippen LogP contribution is 2.24. The van der Waals surface area contributed by atoms with Crippen molar-refractivity contribution in [2.45, 2.75) is 19.8 Å². The van der Waals surface area contributed by atoms with Crippen molar-refractivity contribution in [3.05, 3.63) is 28.8 Å². The van der Waals surface area contributed by atoms with Crippen LogP contribution >= 0.6 is 11.6 Å². The summed E-state index contributed by atoms with van der Waals surface area (Å²) >= 11 is 5.70. The van der Waals surface area contributed by atoms with E-state index in [2.05, 4.69) is 0 Å². The first-order valence-corrected chi connectivity index (χ1v) is 5.33. The first-order chi connectivity index (χ1) is 7.19. The molecule has 0 fully saturated rings. The molecule has 0 saturated heterocycles. The highest BCUT2D eigenvalue weighted by atomic mass is 35.5. The summed E-state index contributed by atoms with van der Waals surface area (Å²) in [6, 6.07) is 5.01. The molecule has 4 heteroatoms. The second-order valence-corrected chi connectivity index (χ2v) is 3.27. The summed E-state index contributed by atoms with van der Waals surface area (Å²) in [4.78, 5) is 0. The maximum Gasteiger partial charge on any atom is 0.0522 e. The van der Waals surface area contributed by atoms with Gasteiger partial charge < -0.3 is 15.9 Å². The molecule has 0 unspecified atom stereocenters. The van der Waals surface area contributed by atoms with Gasteiger partial charge in [0.15, 0.2) is 0 Å². The molecule has 0 amide bonds. The molecule has 0 aliphatic carbocycles. The Kier molecular flexibility index (Phi) is 7.13. The highest BCUT2D eigenvalue weighted by Gasteiger charge is 2.11. The van der Waals surface area contributed by atoms with Crippen LogP contribution in [-0.2, 0) is 0 Å². The van der Waals surface area contributed by atoms with Crippen LogP contribution in [0.4, 0.5) is 5.69 Å². The van der Waals surface area contributed by atoms with Gasteiger partial charge in [-0.25, -0.2) is 0 Å². The Hall–Kier alpha value is -0.770. The van der Waals surface area contributed by atoms with Crippen LogP contribution in [0.15, 0.2) is 18.2 Å². The third kappa shape index (κ3) is 4.08. The van der Waals surface area contributed by atoms with Gasteiger partial charge in [-0.1, -0.05) is 31.5 Å². The summed E-state index contributed by atoms with van der Waals surface area (Å²) in [6.45, 7) is 3.75. The molecule has 0 heterocycles. The van der Waals surface area contributed by atoms with E-state index < -0.39 is 0 Å². The Labute approximate surface area is 95.5 Å². The SMILES string of the molecule is CC.Nc1cc(Cl)ccc1C(CO)CO. The number of hydrogen-bond acceptors (Lipinski definition) is 3. The Bertz CT molecular complexity index is 288. The van der Waals surface area contributed by atoms with Crippen molar-refractivity contribution in [3.63, 3.8) is 0 Å². The van der Waals surface area contributed by atoms with E-state index in [4.69, 9.17) is 27.5 Å². The summed E-state index contributed by atoms with van der Waals surface area (Å²) in [7, 11) is 0. The van der Waals surface area contributed by atoms with Crippen molar-refractivity contribution in [1.29, 1.82) is 0 Å². The van der Waals surface area contributed by atoms with Gasteiger partial charge in [0.2, 0.25) is 0 Å². The number of rotatable bonds is 3. The van der Waals surface area contributed by atoms with Crippen LogP contribution in [0.3, 0.4) is 0 Å². The predicted octanol–water partition coefficient (Wildman–Crippen LogP) is 2.02. The molecule has 1 rings (SSSR count). The van der Waals surface area contributed by atoms with Gasteiger partial charge >= 0.3 is 0 Å². The van der Waals surface area contributed by atoms with Crippen molar-refractivity contribution in [2.75, 3.05) is 18.9 Å². The smallest absolute Gasteiger partial charge is 0.0522 e. The fourth-order valence-electron chi connectivity index (χ4n) is 1.17. The zero-order valence-corrected chi connectivity index (χ0v) is 9.83. The van der Waals surface area contributed by atoms with Gasteiger partial charge in [0.05, 0.1) is 13.2 Å². The molecule has 0 aliphatic rings. The maximum absolute atomic E-state index is 8.92. The van der Waals surface area contributed by atoms with Crippen LogP contribution in [0.2, 0.25) is 5.02 Å². The van der Waals surface area contributed by atoms with Gasteiger partial charge in [-0.05, 0) is 17.7 Å². The third-order valence-corrected chi connectivity index (χ3v) is 2.16. The van der Waals surface area contributed by atoms with Gasteiger partial charge in [0.1, 0.15) is 0 Å². The molecule has 0 bridgehead atoms. The lowest BCUT2D eigenvalue weighted by Gasteiger charge is -2.13. The molecule has 1 aromatic rings. The molecule has 0 atom stereocenters. The van der Waals surface area contributed by atoms with Gasteiger partial charge in [-0.3, -0.25) is 0 Å². The number of hydrogen-bond donors (Lipinski definition) is 3. The molecule has 1 aromatic carbocycles. The third-order valence-electron chi connectivity index (χ3n) is 1.93. The molecule has 15 heavy (non-hydrogen) atoms. The summed E-state index contributed by atoms with van der Waals surface area (Å²) < 4.78 is 0. The zero-order chi connectivity index (χ0) is 11.8. The number of benzene rings is 1. The second-order valence-electron chi connectivity index (χ2n) is 2.84. The fraction of sp³-hybridized carbons (Fsp3) is 0.455. The van der Waals surface area contributed by atoms with E-state index in [0.717, 1.165) is 5.56 Å². The molecule has 3 nitrogen and oxygen atoms in total. The van der Waals surface area contributed by atoms with Gasteiger partial charge in [-0.2, -0.15) is 0 Å². The van der Waals surface area contributed by atoms with Crippen LogP contribution < -0.4 is 5.73 Å². The van der Waals surface area contributed by atoms with Gasteiger partial charge in [-0.15, -0.1) is 0 Å². The van der Waals surface area contributed by atoms with Crippen LogP contribution in [0.25, 0.3) is 0 Å². The van der Waals surface area contributed by atoms with E-state index in [-0.39, 0.29) is 19.1 Å². The average molecular weight is 232 g/mol. The molecule has 4 N–H and O–H groups in total. The van der Waals surface area contributed by atoms with Crippen LogP contribution in [0.5, 0.6) is 0 Å². The fourth-order valence-corrected chi connectivity index (χ4v) is 1.35. The predicted molar refractivity (Wildman–Crippen MR) is 64.1 cm³/mol. The topological polar surface area (TPSA) is 66.5 Å². The lowest BCUT2D eigenvalue weighted by atomic mass is 9.99. The summed E-state index contributed by atoms with van der Waals surface area (Å²) in [5.41, 5.74) is 6.90. The number of aliphatic hydroxyl groups is 2. The van der Waals surface area contributed by atoms with Crippen LogP contribution in [-0.4, -0.2) is 23.4 Å². The highest BCUT2D eigenvalue weighted by molar-refractivity contribution is 6.30. The first-order valence-electron chi connectivity index (χ1n) is 4.95. The normalized spacial score (nSPS) is 9.73. The zero-order valence-electron chi connectivity index (χ0n) is 9.07. The molecule has 0 aliphatic heterocycles. The molecule has 0 saturated carbocycles. The quantitative estimate of drug-likeness (QED) is 0.698. The lowest BCUT2D eigenvalue weighted by molar-refractivity contribution is 0.193. The average Bonchev–Trinajstić information content (AvgIpc) is 2.25. The van der Waals surface area contributed by atoms with E-state index in [1.54, 1.807) is 18.2 Å². The van der Waals surface area contributed by atoms with E-state index in [0.29, 0.717) is 10.7 Å². The Morgan fingerprint density at radius 3 is 2.20 bits per heavy atom. The molecule has 0 aromatic heterocycles. The van der Waals surface area contributed by atoms with E-state index in [1.165, 1.54) is 0 Å². The minimum atomic E-state index is -0.322. The Morgan fingerprint density at radius 2 is 1.80 bits per heavy atom. The van der Waals surface area contributed by atoms with E-state index >= 15 is 0 Å². The monoisotopic (exact) mass is 231 g/mol. The molecule has 0 spiro atoms. The van der Waals surface area contributed by atoms with Gasteiger partial charge in [0.25, 0.3) is 0 Å². The van der Waals surface area contributed by atoms with Crippen molar-refractivity contribution in [3.8, 4) is 0 Å². The second kappa shape index (κ2) is 7.51. The van der Waals surface area contributed by atoms with E-state index in [1.807, 2.05) is 13.8 Å². The van der Waals surface area contributed by atoms with Crippen LogP contribution in [0, 0.1) is 0 Å². The standard InChI is InChI=1S/C9H12ClNO2.C2H6/c10-7-1-2-8(9(11)3-7)6(4-12)5-13;1-2/h1-3,6,12-13H,4-5,11H2;1-2H3. The number of nitrogens with two attached hydrogens (primary N) is 1. The summed E-state index contributed by atoms with van der Waals surface area (Å²) in [6.07, 6.45) is 0. The Morgan fingerprint density at radius 1 is 1.27 bits per heavy atom. The van der Waals surface area contributed by atoms with Crippen molar-refractivity contribution < 1.29 is 10.2 Å². The summed E-state index contributed by atoms with van der Waals surface area (Å²) in [5.74, 6) is -0.322. The first kappa shape index (κ1) is 14.2. The maximum atomic E-state index is 8.92. The Balaban J connectivity index is 0.000000921. The van der Waals surface area contributed by atoms with Crippen molar-refractivity contribution >= 4 is 17.3 Å². The molecular weight excluding hydrogens is 214 g/mol. The molecule has 0 radical (unpaired) electrons. The summed E-state index contributed by atoms with van der Waals surface area (Å²) in [5, 5.41) is 18.4. The lowest BCUT2D eigenvalue weighted by Crippen LogP contribution is -2.11. The minimum Gasteiger partial charge on any atom is -0.398 e. The number of aliphatic hydroxyl groups excluding tert-OH is 2. The van der Waals surface area contributed by atoms with E-state index in [9.17, 15) is 0 Å². The van der Waals surface area contributed by atoms with Crippen molar-refractivity contribution in [1.82, 2.24) is 0 Å². The number of nitrogen functional groups attached to an aromatic ring is 1. The molecule has 86 valence electrons. The van der Waals surface area contributed by atoms with Crippen molar-refractivity contribution in [2.24, 2.45) is 0 Å². The number of anilines is 1.